The molecule has 1 aliphatic carbocycles. The lowest BCUT2D eigenvalue weighted by atomic mass is 9.77. The summed E-state index contributed by atoms with van der Waals surface area (Å²) in [7, 11) is 0. The standard InChI is InChI=1S/C22H33NO/c1-20(2)12-10-16(11-13-20)18-8-7-9-19(23-18)17-14-21(3,4)24-22(5,6)15-17/h7-10,17H,11-15H2,1-6H3. The third-order valence-electron chi connectivity index (χ3n) is 5.52. The lowest BCUT2D eigenvalue weighted by molar-refractivity contribution is -0.162. The molecular weight excluding hydrogens is 294 g/mol. The van der Waals surface area contributed by atoms with E-state index in [0.29, 0.717) is 11.3 Å². The molecule has 0 amide bonds. The van der Waals surface area contributed by atoms with E-state index in [1.807, 2.05) is 0 Å². The van der Waals surface area contributed by atoms with Crippen molar-refractivity contribution < 1.29 is 4.74 Å². The zero-order valence-corrected chi connectivity index (χ0v) is 16.3. The zero-order chi connectivity index (χ0) is 17.6. The molecule has 0 bridgehead atoms. The summed E-state index contributed by atoms with van der Waals surface area (Å²) in [5, 5.41) is 0. The van der Waals surface area contributed by atoms with Gasteiger partial charge in [-0.05, 0) is 82.9 Å². The van der Waals surface area contributed by atoms with Crippen LogP contribution in [0.3, 0.4) is 0 Å². The van der Waals surface area contributed by atoms with E-state index in [2.05, 4.69) is 65.8 Å². The molecule has 1 saturated heterocycles. The normalized spacial score (nSPS) is 26.0. The molecule has 2 nitrogen and oxygen atoms in total. The number of allylic oxidation sites excluding steroid dienone is 2. The van der Waals surface area contributed by atoms with Gasteiger partial charge in [0.05, 0.1) is 16.9 Å². The van der Waals surface area contributed by atoms with E-state index in [4.69, 9.17) is 9.72 Å². The summed E-state index contributed by atoms with van der Waals surface area (Å²) in [6, 6.07) is 6.58. The Morgan fingerprint density at radius 2 is 1.67 bits per heavy atom. The third-order valence-corrected chi connectivity index (χ3v) is 5.52. The van der Waals surface area contributed by atoms with Crippen LogP contribution in [0.1, 0.15) is 91.0 Å². The van der Waals surface area contributed by atoms with Crippen molar-refractivity contribution in [3.8, 4) is 0 Å². The Kier molecular flexibility index (Phi) is 4.40. The van der Waals surface area contributed by atoms with Gasteiger partial charge in [0.25, 0.3) is 0 Å². The minimum atomic E-state index is -0.0851. The van der Waals surface area contributed by atoms with E-state index < -0.39 is 0 Å². The maximum absolute atomic E-state index is 6.24. The van der Waals surface area contributed by atoms with Crippen LogP contribution >= 0.6 is 0 Å². The Labute approximate surface area is 147 Å². The van der Waals surface area contributed by atoms with Crippen LogP contribution in [0.25, 0.3) is 5.57 Å². The number of hydrogen-bond donors (Lipinski definition) is 0. The first kappa shape index (κ1) is 17.7. The molecule has 0 spiro atoms. The summed E-state index contributed by atoms with van der Waals surface area (Å²) in [6.45, 7) is 13.5. The quantitative estimate of drug-likeness (QED) is 0.652. The summed E-state index contributed by atoms with van der Waals surface area (Å²) in [6.07, 6.45) is 8.05. The Morgan fingerprint density at radius 3 is 2.25 bits per heavy atom. The molecular formula is C22H33NO. The first-order valence-corrected chi connectivity index (χ1v) is 9.42. The van der Waals surface area contributed by atoms with Crippen molar-refractivity contribution in [2.75, 3.05) is 0 Å². The van der Waals surface area contributed by atoms with Crippen LogP contribution in [0.5, 0.6) is 0 Å². The highest BCUT2D eigenvalue weighted by Crippen LogP contribution is 2.43. The highest BCUT2D eigenvalue weighted by Gasteiger charge is 2.40. The van der Waals surface area contributed by atoms with E-state index in [1.54, 1.807) is 0 Å². The Bertz CT molecular complexity index is 623. The molecule has 1 aliphatic heterocycles. The van der Waals surface area contributed by atoms with Crippen molar-refractivity contribution in [2.24, 2.45) is 5.41 Å². The van der Waals surface area contributed by atoms with E-state index in [-0.39, 0.29) is 11.2 Å². The highest BCUT2D eigenvalue weighted by molar-refractivity contribution is 5.63. The average Bonchev–Trinajstić information content (AvgIpc) is 2.44. The van der Waals surface area contributed by atoms with Crippen LogP contribution in [-0.2, 0) is 4.74 Å². The number of hydrogen-bond acceptors (Lipinski definition) is 2. The molecule has 1 aromatic rings. The maximum Gasteiger partial charge on any atom is 0.0661 e. The second-order valence-electron chi connectivity index (χ2n) is 9.77. The van der Waals surface area contributed by atoms with Gasteiger partial charge in [0.2, 0.25) is 0 Å². The monoisotopic (exact) mass is 327 g/mol. The van der Waals surface area contributed by atoms with Crippen LogP contribution in [0.15, 0.2) is 24.3 Å². The van der Waals surface area contributed by atoms with Gasteiger partial charge in [-0.25, -0.2) is 0 Å². The molecule has 2 aliphatic rings. The minimum Gasteiger partial charge on any atom is -0.370 e. The van der Waals surface area contributed by atoms with E-state index in [9.17, 15) is 0 Å². The van der Waals surface area contributed by atoms with Crippen LogP contribution < -0.4 is 0 Å². The second-order valence-corrected chi connectivity index (χ2v) is 9.77. The van der Waals surface area contributed by atoms with Gasteiger partial charge < -0.3 is 4.74 Å². The van der Waals surface area contributed by atoms with Crippen LogP contribution in [0.4, 0.5) is 0 Å². The van der Waals surface area contributed by atoms with Crippen LogP contribution in [-0.4, -0.2) is 16.2 Å². The Morgan fingerprint density at radius 1 is 1.00 bits per heavy atom. The summed E-state index contributed by atoms with van der Waals surface area (Å²) in [5.74, 6) is 0.476. The number of ether oxygens (including phenoxy) is 1. The molecule has 0 unspecified atom stereocenters. The fraction of sp³-hybridized carbons (Fsp3) is 0.682. The van der Waals surface area contributed by atoms with E-state index in [0.717, 1.165) is 25.7 Å². The first-order valence-electron chi connectivity index (χ1n) is 9.42. The molecule has 0 atom stereocenters. The third kappa shape index (κ3) is 4.08. The topological polar surface area (TPSA) is 22.1 Å². The van der Waals surface area contributed by atoms with Gasteiger partial charge >= 0.3 is 0 Å². The smallest absolute Gasteiger partial charge is 0.0661 e. The number of aromatic nitrogens is 1. The molecule has 24 heavy (non-hydrogen) atoms. The van der Waals surface area contributed by atoms with E-state index >= 15 is 0 Å². The predicted molar refractivity (Wildman–Crippen MR) is 101 cm³/mol. The molecule has 0 radical (unpaired) electrons. The van der Waals surface area contributed by atoms with Crippen LogP contribution in [0, 0.1) is 5.41 Å². The number of nitrogens with zero attached hydrogens (tertiary/aromatic N) is 1. The van der Waals surface area contributed by atoms with Gasteiger partial charge in [-0.3, -0.25) is 4.98 Å². The molecule has 132 valence electrons. The van der Waals surface area contributed by atoms with Gasteiger partial charge in [0, 0.05) is 11.6 Å². The molecule has 0 N–H and O–H groups in total. The molecule has 1 aromatic heterocycles. The number of rotatable bonds is 2. The fourth-order valence-electron chi connectivity index (χ4n) is 4.47. The SMILES string of the molecule is CC1(C)CC=C(c2cccc(C3CC(C)(C)OC(C)(C)C3)n2)CC1. The largest absolute Gasteiger partial charge is 0.370 e. The van der Waals surface area contributed by atoms with Gasteiger partial charge in [0.15, 0.2) is 0 Å². The molecule has 1 fully saturated rings. The summed E-state index contributed by atoms with van der Waals surface area (Å²) < 4.78 is 6.24. The van der Waals surface area contributed by atoms with Crippen molar-refractivity contribution in [3.63, 3.8) is 0 Å². The zero-order valence-electron chi connectivity index (χ0n) is 16.3. The molecule has 2 heteroatoms. The predicted octanol–water partition coefficient (Wildman–Crippen LogP) is 6.13. The van der Waals surface area contributed by atoms with Gasteiger partial charge in [-0.15, -0.1) is 0 Å². The van der Waals surface area contributed by atoms with Crippen molar-refractivity contribution >= 4 is 5.57 Å². The number of pyridine rings is 1. The van der Waals surface area contributed by atoms with Crippen LogP contribution in [0.2, 0.25) is 0 Å². The summed E-state index contributed by atoms with van der Waals surface area (Å²) >= 11 is 0. The highest BCUT2D eigenvalue weighted by atomic mass is 16.5. The van der Waals surface area contributed by atoms with Gasteiger partial charge in [-0.1, -0.05) is 26.0 Å². The first-order chi connectivity index (χ1) is 11.1. The van der Waals surface area contributed by atoms with E-state index in [1.165, 1.54) is 23.4 Å². The molecule has 0 saturated carbocycles. The second kappa shape index (κ2) is 5.98. The van der Waals surface area contributed by atoms with Crippen molar-refractivity contribution in [1.82, 2.24) is 4.98 Å². The maximum atomic E-state index is 6.24. The molecule has 2 heterocycles. The lowest BCUT2D eigenvalue weighted by Crippen LogP contribution is -2.44. The molecule has 3 rings (SSSR count). The summed E-state index contributed by atoms with van der Waals surface area (Å²) in [5.41, 5.74) is 4.13. The Hall–Kier alpha value is -1.15. The molecule has 0 aromatic carbocycles. The summed E-state index contributed by atoms with van der Waals surface area (Å²) in [4.78, 5) is 5.08. The van der Waals surface area contributed by atoms with Crippen molar-refractivity contribution in [1.29, 1.82) is 0 Å². The van der Waals surface area contributed by atoms with Crippen molar-refractivity contribution in [3.05, 3.63) is 35.7 Å². The lowest BCUT2D eigenvalue weighted by Gasteiger charge is -2.45. The Balaban J connectivity index is 1.85. The minimum absolute atomic E-state index is 0.0851. The van der Waals surface area contributed by atoms with Gasteiger partial charge in [-0.2, -0.15) is 0 Å². The van der Waals surface area contributed by atoms with Crippen molar-refractivity contribution in [2.45, 2.75) is 90.8 Å². The average molecular weight is 328 g/mol. The van der Waals surface area contributed by atoms with Gasteiger partial charge in [0.1, 0.15) is 0 Å². The fourth-order valence-corrected chi connectivity index (χ4v) is 4.47.